The second-order valence-corrected chi connectivity index (χ2v) is 4.08. The molecule has 0 aliphatic carbocycles. The summed E-state index contributed by atoms with van der Waals surface area (Å²) in [4.78, 5) is 14.4. The topological polar surface area (TPSA) is 84.1 Å². The molecule has 7 nitrogen and oxygen atoms in total. The number of nitrogens with zero attached hydrogens (tertiary/aromatic N) is 5. The number of carbonyl (C=O) groups is 1. The maximum Gasteiger partial charge on any atom is 0.306 e. The predicted octanol–water partition coefficient (Wildman–Crippen LogP) is -0.493. The van der Waals surface area contributed by atoms with Crippen molar-refractivity contribution in [2.75, 3.05) is 13.1 Å². The summed E-state index contributed by atoms with van der Waals surface area (Å²) in [5, 5.41) is 20.6. The molecule has 2 rings (SSSR count). The van der Waals surface area contributed by atoms with Crippen LogP contribution < -0.4 is 0 Å². The van der Waals surface area contributed by atoms with Gasteiger partial charge in [-0.15, -0.1) is 10.2 Å². The van der Waals surface area contributed by atoms with Gasteiger partial charge in [0.05, 0.1) is 19.5 Å². The Kier molecular flexibility index (Phi) is 3.14. The maximum atomic E-state index is 10.8. The van der Waals surface area contributed by atoms with Crippen LogP contribution in [0.25, 0.3) is 0 Å². The van der Waals surface area contributed by atoms with Crippen LogP contribution in [0.5, 0.6) is 0 Å². The summed E-state index contributed by atoms with van der Waals surface area (Å²) >= 11 is 0. The summed E-state index contributed by atoms with van der Waals surface area (Å²) in [5.41, 5.74) is 0. The van der Waals surface area contributed by atoms with Crippen molar-refractivity contribution in [2.45, 2.75) is 19.4 Å². The van der Waals surface area contributed by atoms with Gasteiger partial charge >= 0.3 is 5.97 Å². The summed E-state index contributed by atoms with van der Waals surface area (Å²) in [7, 11) is 1.73. The monoisotopic (exact) mass is 225 g/mol. The molecular weight excluding hydrogens is 210 g/mol. The van der Waals surface area contributed by atoms with Gasteiger partial charge in [-0.05, 0) is 31.1 Å². The molecule has 1 aromatic heterocycles. The van der Waals surface area contributed by atoms with Gasteiger partial charge in [-0.25, -0.2) is 0 Å². The van der Waals surface area contributed by atoms with Crippen molar-refractivity contribution in [3.63, 3.8) is 0 Å². The zero-order valence-electron chi connectivity index (χ0n) is 9.20. The number of tetrazole rings is 1. The normalized spacial score (nSPS) is 18.8. The fourth-order valence-electron chi connectivity index (χ4n) is 1.92. The van der Waals surface area contributed by atoms with Crippen LogP contribution in [0.3, 0.4) is 0 Å². The third-order valence-corrected chi connectivity index (χ3v) is 2.85. The third kappa shape index (κ3) is 2.54. The fourth-order valence-corrected chi connectivity index (χ4v) is 1.92. The molecule has 1 saturated heterocycles. The molecule has 2 heterocycles. The van der Waals surface area contributed by atoms with Gasteiger partial charge in [-0.2, -0.15) is 4.80 Å². The summed E-state index contributed by atoms with van der Waals surface area (Å²) in [6.07, 6.45) is 1.41. The summed E-state index contributed by atoms with van der Waals surface area (Å²) in [5.74, 6) is -0.181. The molecule has 1 aromatic rings. The lowest BCUT2D eigenvalue weighted by Gasteiger charge is -2.28. The Morgan fingerprint density at radius 2 is 2.19 bits per heavy atom. The molecule has 0 radical (unpaired) electrons. The first-order valence-electron chi connectivity index (χ1n) is 5.33. The van der Waals surface area contributed by atoms with E-state index in [1.54, 1.807) is 7.05 Å². The van der Waals surface area contributed by atoms with Gasteiger partial charge in [0.15, 0.2) is 5.82 Å². The van der Waals surface area contributed by atoms with E-state index in [0.29, 0.717) is 25.2 Å². The van der Waals surface area contributed by atoms with Gasteiger partial charge in [-0.3, -0.25) is 9.69 Å². The lowest BCUT2D eigenvalue weighted by atomic mass is 9.97. The second kappa shape index (κ2) is 4.56. The molecule has 0 unspecified atom stereocenters. The molecule has 7 heteroatoms. The van der Waals surface area contributed by atoms with Crippen LogP contribution in [0.4, 0.5) is 0 Å². The minimum atomic E-state index is -0.683. The number of piperidine rings is 1. The van der Waals surface area contributed by atoms with Gasteiger partial charge in [0, 0.05) is 0 Å². The first-order chi connectivity index (χ1) is 7.65. The maximum absolute atomic E-state index is 10.8. The highest BCUT2D eigenvalue weighted by Crippen LogP contribution is 2.17. The summed E-state index contributed by atoms with van der Waals surface area (Å²) in [6.45, 7) is 2.23. The van der Waals surface area contributed by atoms with Gasteiger partial charge in [-0.1, -0.05) is 0 Å². The minimum absolute atomic E-state index is 0.189. The molecule has 1 aliphatic heterocycles. The highest BCUT2D eigenvalue weighted by atomic mass is 16.4. The van der Waals surface area contributed by atoms with Gasteiger partial charge < -0.3 is 5.11 Å². The standard InChI is InChI=1S/C9H15N5O2/c1-13-11-8(10-12-13)6-14-4-2-7(3-5-14)9(15)16/h7H,2-6H2,1H3,(H,15,16). The number of carboxylic acids is 1. The van der Waals surface area contributed by atoms with Crippen LogP contribution in [0, 0.1) is 5.92 Å². The fraction of sp³-hybridized carbons (Fsp3) is 0.778. The van der Waals surface area contributed by atoms with Crippen molar-refractivity contribution in [1.82, 2.24) is 25.1 Å². The van der Waals surface area contributed by atoms with E-state index in [-0.39, 0.29) is 5.92 Å². The van der Waals surface area contributed by atoms with E-state index in [1.165, 1.54) is 4.80 Å². The molecule has 0 saturated carbocycles. The lowest BCUT2D eigenvalue weighted by Crippen LogP contribution is -2.36. The largest absolute Gasteiger partial charge is 0.481 e. The molecule has 16 heavy (non-hydrogen) atoms. The number of aliphatic carboxylic acids is 1. The van der Waals surface area contributed by atoms with E-state index in [9.17, 15) is 4.79 Å². The number of hydrogen-bond donors (Lipinski definition) is 1. The highest BCUT2D eigenvalue weighted by molar-refractivity contribution is 5.70. The smallest absolute Gasteiger partial charge is 0.306 e. The quantitative estimate of drug-likeness (QED) is 0.747. The SMILES string of the molecule is Cn1nnc(CN2CCC(C(=O)O)CC2)n1. The van der Waals surface area contributed by atoms with E-state index >= 15 is 0 Å². The Bertz CT molecular complexity index is 370. The van der Waals surface area contributed by atoms with Gasteiger partial charge in [0.25, 0.3) is 0 Å². The Morgan fingerprint density at radius 1 is 1.50 bits per heavy atom. The van der Waals surface area contributed by atoms with E-state index < -0.39 is 5.97 Å². The molecule has 0 bridgehead atoms. The molecule has 0 spiro atoms. The van der Waals surface area contributed by atoms with Crippen LogP contribution in [0.1, 0.15) is 18.7 Å². The molecule has 0 atom stereocenters. The molecule has 1 fully saturated rings. The Morgan fingerprint density at radius 3 is 2.69 bits per heavy atom. The Balaban J connectivity index is 1.83. The average molecular weight is 225 g/mol. The van der Waals surface area contributed by atoms with Crippen LogP contribution in [0.2, 0.25) is 0 Å². The predicted molar refractivity (Wildman–Crippen MR) is 54.4 cm³/mol. The molecule has 0 amide bonds. The first-order valence-corrected chi connectivity index (χ1v) is 5.33. The molecule has 1 N–H and O–H groups in total. The van der Waals surface area contributed by atoms with Crippen molar-refractivity contribution in [2.24, 2.45) is 13.0 Å². The summed E-state index contributed by atoms with van der Waals surface area (Å²) in [6, 6.07) is 0. The number of aryl methyl sites for hydroxylation is 1. The number of carboxylic acid groups (broad SMARTS) is 1. The number of likely N-dealkylation sites (tertiary alicyclic amines) is 1. The highest BCUT2D eigenvalue weighted by Gasteiger charge is 2.24. The van der Waals surface area contributed by atoms with Crippen molar-refractivity contribution in [3.8, 4) is 0 Å². The van der Waals surface area contributed by atoms with Crippen LogP contribution in [-0.2, 0) is 18.4 Å². The molecule has 1 aliphatic rings. The van der Waals surface area contributed by atoms with Gasteiger partial charge in [0.1, 0.15) is 0 Å². The number of rotatable bonds is 3. The van der Waals surface area contributed by atoms with Crippen molar-refractivity contribution < 1.29 is 9.90 Å². The average Bonchev–Trinajstić information content (AvgIpc) is 2.65. The molecular formula is C9H15N5O2. The van der Waals surface area contributed by atoms with Crippen LogP contribution in [-0.4, -0.2) is 49.3 Å². The van der Waals surface area contributed by atoms with Crippen molar-refractivity contribution >= 4 is 5.97 Å². The Hall–Kier alpha value is -1.50. The summed E-state index contributed by atoms with van der Waals surface area (Å²) < 4.78 is 0. The Labute approximate surface area is 93.0 Å². The number of aromatic nitrogens is 4. The molecule has 88 valence electrons. The zero-order chi connectivity index (χ0) is 11.5. The molecule has 0 aromatic carbocycles. The van der Waals surface area contributed by atoms with E-state index in [1.807, 2.05) is 0 Å². The van der Waals surface area contributed by atoms with Gasteiger partial charge in [0.2, 0.25) is 0 Å². The number of hydrogen-bond acceptors (Lipinski definition) is 5. The van der Waals surface area contributed by atoms with Crippen LogP contribution in [0.15, 0.2) is 0 Å². The van der Waals surface area contributed by atoms with Crippen LogP contribution >= 0.6 is 0 Å². The van der Waals surface area contributed by atoms with Crippen molar-refractivity contribution in [3.05, 3.63) is 5.82 Å². The lowest BCUT2D eigenvalue weighted by molar-refractivity contribution is -0.143. The third-order valence-electron chi connectivity index (χ3n) is 2.85. The minimum Gasteiger partial charge on any atom is -0.481 e. The first kappa shape index (κ1) is 11.0. The van der Waals surface area contributed by atoms with E-state index in [4.69, 9.17) is 5.11 Å². The van der Waals surface area contributed by atoms with Crippen molar-refractivity contribution in [1.29, 1.82) is 0 Å². The second-order valence-electron chi connectivity index (χ2n) is 4.08. The zero-order valence-corrected chi connectivity index (χ0v) is 9.20. The van der Waals surface area contributed by atoms with E-state index in [2.05, 4.69) is 20.3 Å². The van der Waals surface area contributed by atoms with E-state index in [0.717, 1.165) is 13.1 Å².